The smallest absolute Gasteiger partial charge is 0.409 e. The molecule has 10 nitrogen and oxygen atoms in total. The Kier molecular flexibility index (Phi) is 8.26. The molecule has 0 aromatic heterocycles. The lowest BCUT2D eigenvalue weighted by Gasteiger charge is -2.38. The minimum absolute atomic E-state index is 0.110. The zero-order valence-corrected chi connectivity index (χ0v) is 19.6. The van der Waals surface area contributed by atoms with Crippen LogP contribution in [0.5, 0.6) is 0 Å². The fraction of sp³-hybridized carbons (Fsp3) is 0.565. The summed E-state index contributed by atoms with van der Waals surface area (Å²) in [6, 6.07) is 4.87. The molecular formula is C23H33N5O5. The third-order valence-corrected chi connectivity index (χ3v) is 5.94. The molecule has 0 bridgehead atoms. The summed E-state index contributed by atoms with van der Waals surface area (Å²) in [5.41, 5.74) is 2.72. The average molecular weight is 460 g/mol. The second-order valence-electron chi connectivity index (χ2n) is 8.43. The van der Waals surface area contributed by atoms with Crippen molar-refractivity contribution in [2.45, 2.75) is 33.2 Å². The number of aryl methyl sites for hydroxylation is 2. The van der Waals surface area contributed by atoms with Crippen molar-refractivity contribution >= 4 is 29.5 Å². The average Bonchev–Trinajstić information content (AvgIpc) is 2.77. The number of carbonyl (C=O) groups is 4. The van der Waals surface area contributed by atoms with Crippen molar-refractivity contribution in [1.29, 1.82) is 0 Å². The molecule has 2 saturated heterocycles. The van der Waals surface area contributed by atoms with Crippen LogP contribution < -0.4 is 10.6 Å². The molecule has 2 N–H and O–H groups in total. The van der Waals surface area contributed by atoms with Crippen LogP contribution in [-0.4, -0.2) is 97.0 Å². The van der Waals surface area contributed by atoms with Gasteiger partial charge in [0.25, 0.3) is 0 Å². The van der Waals surface area contributed by atoms with E-state index in [0.29, 0.717) is 51.6 Å². The van der Waals surface area contributed by atoms with E-state index in [2.05, 4.69) is 10.6 Å². The monoisotopic (exact) mass is 459 g/mol. The van der Waals surface area contributed by atoms with Crippen molar-refractivity contribution in [2.24, 2.45) is 0 Å². The highest BCUT2D eigenvalue weighted by molar-refractivity contribution is 5.98. The summed E-state index contributed by atoms with van der Waals surface area (Å²) in [6.45, 7) is 8.88. The highest BCUT2D eigenvalue weighted by Crippen LogP contribution is 2.18. The van der Waals surface area contributed by atoms with Gasteiger partial charge in [-0.05, 0) is 32.4 Å². The molecule has 10 heteroatoms. The van der Waals surface area contributed by atoms with E-state index in [1.165, 1.54) is 4.90 Å². The molecule has 2 aliphatic heterocycles. The van der Waals surface area contributed by atoms with Gasteiger partial charge in [-0.2, -0.15) is 0 Å². The molecule has 1 atom stereocenters. The number of ether oxygens (including phenoxy) is 1. The summed E-state index contributed by atoms with van der Waals surface area (Å²) in [5.74, 6) is -0.832. The third kappa shape index (κ3) is 6.44. The highest BCUT2D eigenvalue weighted by Gasteiger charge is 2.35. The Morgan fingerprint density at radius 2 is 1.85 bits per heavy atom. The van der Waals surface area contributed by atoms with E-state index in [4.69, 9.17) is 4.74 Å². The Hall–Kier alpha value is -3.14. The summed E-state index contributed by atoms with van der Waals surface area (Å²) < 4.78 is 5.02. The molecule has 0 saturated carbocycles. The lowest BCUT2D eigenvalue weighted by Crippen LogP contribution is -2.60. The van der Waals surface area contributed by atoms with Crippen LogP contribution in [-0.2, 0) is 19.1 Å². The highest BCUT2D eigenvalue weighted by atomic mass is 16.6. The third-order valence-electron chi connectivity index (χ3n) is 5.94. The van der Waals surface area contributed by atoms with Crippen LogP contribution >= 0.6 is 0 Å². The largest absolute Gasteiger partial charge is 0.450 e. The maximum Gasteiger partial charge on any atom is 0.409 e. The van der Waals surface area contributed by atoms with Crippen LogP contribution in [0.3, 0.4) is 0 Å². The fourth-order valence-electron chi connectivity index (χ4n) is 4.13. The molecule has 2 aliphatic rings. The number of nitrogens with one attached hydrogen (secondary N) is 2. The topological polar surface area (TPSA) is 111 Å². The summed E-state index contributed by atoms with van der Waals surface area (Å²) in [6.07, 6.45) is -0.451. The van der Waals surface area contributed by atoms with Crippen molar-refractivity contribution in [3.63, 3.8) is 0 Å². The van der Waals surface area contributed by atoms with Gasteiger partial charge in [-0.1, -0.05) is 17.7 Å². The predicted octanol–water partition coefficient (Wildman–Crippen LogP) is 0.733. The number of amides is 4. The maximum absolute atomic E-state index is 13.0. The van der Waals surface area contributed by atoms with Crippen LogP contribution in [0.2, 0.25) is 0 Å². The van der Waals surface area contributed by atoms with Crippen molar-refractivity contribution in [2.75, 3.05) is 57.7 Å². The molecule has 2 fully saturated rings. The van der Waals surface area contributed by atoms with Crippen LogP contribution in [0.1, 0.15) is 24.5 Å². The van der Waals surface area contributed by atoms with Crippen molar-refractivity contribution < 1.29 is 23.9 Å². The normalized spacial score (nSPS) is 19.1. The van der Waals surface area contributed by atoms with Crippen molar-refractivity contribution in [3.05, 3.63) is 29.3 Å². The van der Waals surface area contributed by atoms with Gasteiger partial charge in [-0.25, -0.2) is 4.79 Å². The molecule has 1 aromatic carbocycles. The molecular weight excluding hydrogens is 426 g/mol. The first-order chi connectivity index (χ1) is 15.8. The fourth-order valence-corrected chi connectivity index (χ4v) is 4.13. The first kappa shape index (κ1) is 24.5. The van der Waals surface area contributed by atoms with E-state index in [1.807, 2.05) is 36.9 Å². The minimum Gasteiger partial charge on any atom is -0.450 e. The molecule has 0 unspecified atom stereocenters. The van der Waals surface area contributed by atoms with E-state index < -0.39 is 6.04 Å². The van der Waals surface area contributed by atoms with Crippen molar-refractivity contribution in [1.82, 2.24) is 20.0 Å². The second kappa shape index (κ2) is 11.1. The standard InChI is InChI=1S/C23H33N5O5/c1-4-33-23(32)27-11-9-26(10-12-27)15-21(30)28-8-7-24-22(31)19(28)14-20(29)25-18-6-5-16(2)13-17(18)3/h5-6,13,19H,4,7-12,14-15H2,1-3H3,(H,24,31)(H,25,29)/t19-/m1/s1. The quantitative estimate of drug-likeness (QED) is 0.649. The van der Waals surface area contributed by atoms with Gasteiger partial charge in [0, 0.05) is 45.0 Å². The number of piperazine rings is 2. The SMILES string of the molecule is CCOC(=O)N1CCN(CC(=O)N2CCNC(=O)[C@H]2CC(=O)Nc2ccc(C)cc2C)CC1. The van der Waals surface area contributed by atoms with E-state index in [1.54, 1.807) is 11.8 Å². The first-order valence-corrected chi connectivity index (χ1v) is 11.4. The van der Waals surface area contributed by atoms with E-state index in [-0.39, 0.29) is 36.8 Å². The predicted molar refractivity (Wildman–Crippen MR) is 123 cm³/mol. The molecule has 180 valence electrons. The van der Waals surface area contributed by atoms with Gasteiger partial charge in [-0.3, -0.25) is 19.3 Å². The molecule has 0 spiro atoms. The summed E-state index contributed by atoms with van der Waals surface area (Å²) >= 11 is 0. The lowest BCUT2D eigenvalue weighted by atomic mass is 10.1. The minimum atomic E-state index is -0.849. The Morgan fingerprint density at radius 1 is 1.12 bits per heavy atom. The van der Waals surface area contributed by atoms with Crippen LogP contribution in [0.15, 0.2) is 18.2 Å². The Morgan fingerprint density at radius 3 is 2.52 bits per heavy atom. The second-order valence-corrected chi connectivity index (χ2v) is 8.43. The number of nitrogens with zero attached hydrogens (tertiary/aromatic N) is 3. The van der Waals surface area contributed by atoms with Gasteiger partial charge in [0.15, 0.2) is 0 Å². The van der Waals surface area contributed by atoms with Gasteiger partial charge in [0.1, 0.15) is 6.04 Å². The van der Waals surface area contributed by atoms with Gasteiger partial charge < -0.3 is 25.2 Å². The summed E-state index contributed by atoms with van der Waals surface area (Å²) in [4.78, 5) is 55.2. The number of hydrogen-bond acceptors (Lipinski definition) is 6. The van der Waals surface area contributed by atoms with Crippen LogP contribution in [0.25, 0.3) is 0 Å². The van der Waals surface area contributed by atoms with Gasteiger partial charge >= 0.3 is 6.09 Å². The summed E-state index contributed by atoms with van der Waals surface area (Å²) in [5, 5.41) is 5.61. The molecule has 33 heavy (non-hydrogen) atoms. The molecule has 2 heterocycles. The zero-order chi connectivity index (χ0) is 24.0. The lowest BCUT2D eigenvalue weighted by molar-refractivity contribution is -0.145. The van der Waals surface area contributed by atoms with E-state index >= 15 is 0 Å². The number of anilines is 1. The summed E-state index contributed by atoms with van der Waals surface area (Å²) in [7, 11) is 0. The maximum atomic E-state index is 13.0. The number of rotatable bonds is 6. The van der Waals surface area contributed by atoms with Gasteiger partial charge in [0.05, 0.1) is 19.6 Å². The molecule has 3 rings (SSSR count). The van der Waals surface area contributed by atoms with E-state index in [9.17, 15) is 19.2 Å². The van der Waals surface area contributed by atoms with E-state index in [0.717, 1.165) is 11.1 Å². The van der Waals surface area contributed by atoms with Gasteiger partial charge in [0.2, 0.25) is 17.7 Å². The Balaban J connectivity index is 1.57. The molecule has 4 amide bonds. The first-order valence-electron chi connectivity index (χ1n) is 11.4. The molecule has 0 aliphatic carbocycles. The van der Waals surface area contributed by atoms with Crippen LogP contribution in [0.4, 0.5) is 10.5 Å². The number of carbonyl (C=O) groups excluding carboxylic acids is 4. The molecule has 1 aromatic rings. The Bertz CT molecular complexity index is 897. The molecule has 0 radical (unpaired) electrons. The Labute approximate surface area is 194 Å². The zero-order valence-electron chi connectivity index (χ0n) is 19.6. The number of benzene rings is 1. The number of hydrogen-bond donors (Lipinski definition) is 2. The van der Waals surface area contributed by atoms with Gasteiger partial charge in [-0.15, -0.1) is 0 Å². The van der Waals surface area contributed by atoms with Crippen LogP contribution in [0, 0.1) is 13.8 Å². The van der Waals surface area contributed by atoms with Crippen molar-refractivity contribution in [3.8, 4) is 0 Å².